The predicted octanol–water partition coefficient (Wildman–Crippen LogP) is -3.57. The molecule has 20 heteroatoms. The van der Waals surface area contributed by atoms with Gasteiger partial charge in [0, 0.05) is 17.7 Å². The number of hydrogen-bond acceptors (Lipinski definition) is 20. The van der Waals surface area contributed by atoms with Crippen molar-refractivity contribution in [2.45, 2.75) is 99.0 Å². The summed E-state index contributed by atoms with van der Waals surface area (Å²) in [5.74, 6) is -2.21. The minimum absolute atomic E-state index is 0.138. The second kappa shape index (κ2) is 15.6. The van der Waals surface area contributed by atoms with Crippen LogP contribution in [0.5, 0.6) is 23.0 Å². The molecule has 15 unspecified atom stereocenters. The molecule has 0 saturated carbocycles. The van der Waals surface area contributed by atoms with Gasteiger partial charge >= 0.3 is 0 Å². The Morgan fingerprint density at radius 1 is 0.604 bits per heavy atom. The third kappa shape index (κ3) is 7.65. The Kier molecular flexibility index (Phi) is 11.5. The smallest absolute Gasteiger partial charge is 0.239 e. The van der Waals surface area contributed by atoms with Crippen molar-refractivity contribution >= 4 is 11.0 Å². The first-order chi connectivity index (χ1) is 25.1. The number of phenolic OH excluding ortho intramolecular Hbond substituents is 3. The molecule has 4 heterocycles. The molecule has 1 aromatic heterocycles. The fraction of sp³-hybridized carbons (Fsp3) is 0.545. The zero-order valence-corrected chi connectivity index (χ0v) is 27.7. The lowest BCUT2D eigenvalue weighted by molar-refractivity contribution is -0.337. The van der Waals surface area contributed by atoms with E-state index >= 15 is 0 Å². The number of rotatable bonds is 9. The van der Waals surface area contributed by atoms with Gasteiger partial charge in [-0.25, -0.2) is 0 Å². The van der Waals surface area contributed by atoms with Crippen molar-refractivity contribution in [2.24, 2.45) is 0 Å². The largest absolute Gasteiger partial charge is 0.508 e. The highest BCUT2D eigenvalue weighted by atomic mass is 16.7. The van der Waals surface area contributed by atoms with E-state index in [0.717, 1.165) is 12.1 Å². The standard InChI is InChI=1S/C33H40O20/c1-10-19(37)23(41)26(44)31(49-10)47-8-16-20(38)24(42)27(45)32(51-16)48-9-17-21(39)25(43)28(46)33(52-17)53-30-22(40)18-14(36)6-13(35)7-15(18)50-29(30)11-2-4-12(34)5-3-11/h2-7,10,16-17,19-21,23-28,31-39,41-46H,8-9H2,1H3. The molecule has 3 fully saturated rings. The molecule has 0 spiro atoms. The van der Waals surface area contributed by atoms with Crippen LogP contribution < -0.4 is 10.2 Å². The summed E-state index contributed by atoms with van der Waals surface area (Å²) in [7, 11) is 0. The summed E-state index contributed by atoms with van der Waals surface area (Å²) < 4.78 is 39.2. The average Bonchev–Trinajstić information content (AvgIpc) is 3.12. The van der Waals surface area contributed by atoms with Gasteiger partial charge < -0.3 is 94.1 Å². The molecule has 292 valence electrons. The van der Waals surface area contributed by atoms with E-state index in [2.05, 4.69) is 0 Å². The molecule has 53 heavy (non-hydrogen) atoms. The quantitative estimate of drug-likeness (QED) is 0.100. The first kappa shape index (κ1) is 39.0. The van der Waals surface area contributed by atoms with E-state index in [1.807, 2.05) is 0 Å². The second-order valence-corrected chi connectivity index (χ2v) is 13.0. The zero-order valence-electron chi connectivity index (χ0n) is 27.7. The maximum atomic E-state index is 13.7. The molecule has 2 aromatic carbocycles. The van der Waals surface area contributed by atoms with Gasteiger partial charge in [-0.1, -0.05) is 0 Å². The van der Waals surface area contributed by atoms with Crippen molar-refractivity contribution in [3.05, 3.63) is 46.6 Å². The van der Waals surface area contributed by atoms with Crippen LogP contribution in [0.15, 0.2) is 45.6 Å². The van der Waals surface area contributed by atoms with Crippen molar-refractivity contribution in [1.29, 1.82) is 0 Å². The molecule has 0 aliphatic carbocycles. The number of ether oxygens (including phenoxy) is 6. The number of fused-ring (bicyclic) bond motifs is 1. The number of aromatic hydroxyl groups is 3. The maximum Gasteiger partial charge on any atom is 0.239 e. The average molecular weight is 757 g/mol. The van der Waals surface area contributed by atoms with Crippen molar-refractivity contribution in [1.82, 2.24) is 0 Å². The summed E-state index contributed by atoms with van der Waals surface area (Å²) in [5.41, 5.74) is -1.10. The topological polar surface area (TPSA) is 328 Å². The molecule has 3 saturated heterocycles. The summed E-state index contributed by atoms with van der Waals surface area (Å²) in [6, 6.07) is 7.16. The molecule has 3 aromatic rings. The molecule has 0 bridgehead atoms. The van der Waals surface area contributed by atoms with Crippen molar-refractivity contribution in [3.63, 3.8) is 0 Å². The summed E-state index contributed by atoms with van der Waals surface area (Å²) in [6.07, 6.45) is -25.2. The highest BCUT2D eigenvalue weighted by molar-refractivity contribution is 5.88. The van der Waals surface area contributed by atoms with Gasteiger partial charge in [-0.3, -0.25) is 4.79 Å². The van der Waals surface area contributed by atoms with Gasteiger partial charge in [0.2, 0.25) is 17.5 Å². The van der Waals surface area contributed by atoms with Gasteiger partial charge in [0.25, 0.3) is 0 Å². The highest BCUT2D eigenvalue weighted by Gasteiger charge is 2.49. The van der Waals surface area contributed by atoms with Crippen LogP contribution in [0.2, 0.25) is 0 Å². The molecule has 3 aliphatic heterocycles. The molecule has 12 N–H and O–H groups in total. The monoisotopic (exact) mass is 756 g/mol. The summed E-state index contributed by atoms with van der Waals surface area (Å²) in [4.78, 5) is 13.7. The maximum absolute atomic E-state index is 13.7. The van der Waals surface area contributed by atoms with Crippen molar-refractivity contribution in [2.75, 3.05) is 13.2 Å². The van der Waals surface area contributed by atoms with Crippen LogP contribution in [0.1, 0.15) is 6.92 Å². The lowest BCUT2D eigenvalue weighted by Crippen LogP contribution is -2.62. The van der Waals surface area contributed by atoms with Crippen LogP contribution in [0.4, 0.5) is 0 Å². The molecule has 0 amide bonds. The van der Waals surface area contributed by atoms with Gasteiger partial charge in [-0.05, 0) is 31.2 Å². The van der Waals surface area contributed by atoms with Crippen LogP contribution in [-0.4, -0.2) is 167 Å². The predicted molar refractivity (Wildman–Crippen MR) is 171 cm³/mol. The third-order valence-corrected chi connectivity index (χ3v) is 9.28. The third-order valence-electron chi connectivity index (χ3n) is 9.28. The fourth-order valence-corrected chi connectivity index (χ4v) is 6.17. The van der Waals surface area contributed by atoms with Crippen LogP contribution in [0.25, 0.3) is 22.3 Å². The van der Waals surface area contributed by atoms with E-state index in [1.165, 1.54) is 31.2 Å². The van der Waals surface area contributed by atoms with Crippen LogP contribution in [0.3, 0.4) is 0 Å². The van der Waals surface area contributed by atoms with Gasteiger partial charge in [-0.15, -0.1) is 0 Å². The SMILES string of the molecule is CC1OC(OCC2OC(OCC3OC(Oc4c(-c5ccc(O)cc5)oc5cc(O)cc(O)c5c4=O)C(O)C(O)C3O)C(O)C(O)C2O)C(O)C(O)C1O. The zero-order chi connectivity index (χ0) is 38.5. The number of phenols is 3. The van der Waals surface area contributed by atoms with E-state index in [0.29, 0.717) is 0 Å². The van der Waals surface area contributed by atoms with E-state index in [9.17, 15) is 66.1 Å². The summed E-state index contributed by atoms with van der Waals surface area (Å²) >= 11 is 0. The molecular weight excluding hydrogens is 716 g/mol. The Bertz CT molecular complexity index is 1790. The van der Waals surface area contributed by atoms with Crippen molar-refractivity contribution in [3.8, 4) is 34.3 Å². The molecule has 15 atom stereocenters. The first-order valence-corrected chi connectivity index (χ1v) is 16.4. The normalized spacial score (nSPS) is 37.8. The minimum atomic E-state index is -2.01. The number of hydrogen-bond donors (Lipinski definition) is 12. The number of benzene rings is 2. The summed E-state index contributed by atoms with van der Waals surface area (Å²) in [5, 5.41) is 124. The number of aliphatic hydroxyl groups is 9. The lowest BCUT2D eigenvalue weighted by atomic mass is 9.98. The van der Waals surface area contributed by atoms with Gasteiger partial charge in [0.15, 0.2) is 18.3 Å². The second-order valence-electron chi connectivity index (χ2n) is 13.0. The molecule has 6 rings (SSSR count). The van der Waals surface area contributed by atoms with E-state index in [4.69, 9.17) is 32.8 Å². The van der Waals surface area contributed by atoms with Gasteiger partial charge in [-0.2, -0.15) is 0 Å². The fourth-order valence-electron chi connectivity index (χ4n) is 6.17. The first-order valence-electron chi connectivity index (χ1n) is 16.4. The van der Waals surface area contributed by atoms with E-state index in [1.54, 1.807) is 0 Å². The Balaban J connectivity index is 1.19. The Morgan fingerprint density at radius 3 is 1.70 bits per heavy atom. The Labute approximate surface area is 298 Å². The number of aliphatic hydroxyl groups excluding tert-OH is 9. The van der Waals surface area contributed by atoms with E-state index < -0.39 is 133 Å². The lowest BCUT2D eigenvalue weighted by Gasteiger charge is -2.43. The van der Waals surface area contributed by atoms with Crippen LogP contribution in [-0.2, 0) is 23.7 Å². The van der Waals surface area contributed by atoms with E-state index in [-0.39, 0.29) is 22.7 Å². The Morgan fingerprint density at radius 2 is 1.11 bits per heavy atom. The minimum Gasteiger partial charge on any atom is -0.508 e. The van der Waals surface area contributed by atoms with Crippen LogP contribution >= 0.6 is 0 Å². The molecule has 3 aliphatic rings. The highest BCUT2D eigenvalue weighted by Crippen LogP contribution is 2.38. The van der Waals surface area contributed by atoms with Gasteiger partial charge in [0.1, 0.15) is 95.4 Å². The summed E-state index contributed by atoms with van der Waals surface area (Å²) in [6.45, 7) is 0.104. The van der Waals surface area contributed by atoms with Crippen molar-refractivity contribution < 1.29 is 94.1 Å². The Hall–Kier alpha value is -3.71. The van der Waals surface area contributed by atoms with Crippen LogP contribution in [0, 0.1) is 0 Å². The molecule has 0 radical (unpaired) electrons. The molecular formula is C33H40O20. The molecule has 20 nitrogen and oxygen atoms in total. The van der Waals surface area contributed by atoms with Gasteiger partial charge in [0.05, 0.1) is 19.3 Å².